The Morgan fingerprint density at radius 3 is 2.44 bits per heavy atom. The number of hydrogen-bond acceptors (Lipinski definition) is 4. The zero-order chi connectivity index (χ0) is 18.2. The highest BCUT2D eigenvalue weighted by Gasteiger charge is 2.34. The molecule has 0 saturated heterocycles. The van der Waals surface area contributed by atoms with Gasteiger partial charge in [-0.1, -0.05) is 23.7 Å². The van der Waals surface area contributed by atoms with Gasteiger partial charge < -0.3 is 11.5 Å². The maximum absolute atomic E-state index is 13.1. The van der Waals surface area contributed by atoms with Gasteiger partial charge in [-0.05, 0) is 30.3 Å². The molecule has 128 valence electrons. The average Bonchev–Trinajstić information content (AvgIpc) is 2.54. The van der Waals surface area contributed by atoms with E-state index < -0.39 is 17.4 Å². The standard InChI is InChI=1S/C17H12ClF3N4/c18-10-3-1-2-9(8-10)13-6-7-24-16(25-13)14-12(22)5-4-11(15(14)23)17(19,20)21/h1-8H,22-23H2. The van der Waals surface area contributed by atoms with Gasteiger partial charge in [-0.3, -0.25) is 0 Å². The topological polar surface area (TPSA) is 77.8 Å². The van der Waals surface area contributed by atoms with Crippen molar-refractivity contribution in [1.82, 2.24) is 9.97 Å². The second-order valence-corrected chi connectivity index (χ2v) is 5.70. The molecule has 0 unspecified atom stereocenters. The van der Waals surface area contributed by atoms with E-state index in [-0.39, 0.29) is 17.1 Å². The van der Waals surface area contributed by atoms with Gasteiger partial charge in [-0.2, -0.15) is 13.2 Å². The molecule has 0 atom stereocenters. The van der Waals surface area contributed by atoms with Gasteiger partial charge in [0.2, 0.25) is 0 Å². The average molecular weight is 365 g/mol. The molecule has 0 aliphatic carbocycles. The Hall–Kier alpha value is -2.80. The van der Waals surface area contributed by atoms with E-state index in [9.17, 15) is 13.2 Å². The molecule has 3 aromatic rings. The van der Waals surface area contributed by atoms with Crippen LogP contribution in [0.4, 0.5) is 24.5 Å². The minimum atomic E-state index is -4.60. The molecule has 4 N–H and O–H groups in total. The lowest BCUT2D eigenvalue weighted by Gasteiger charge is -2.15. The number of aromatic nitrogens is 2. The van der Waals surface area contributed by atoms with Crippen molar-refractivity contribution in [3.05, 3.63) is 59.2 Å². The first kappa shape index (κ1) is 17.0. The highest BCUT2D eigenvalue weighted by atomic mass is 35.5. The van der Waals surface area contributed by atoms with Crippen molar-refractivity contribution in [2.45, 2.75) is 6.18 Å². The molecule has 8 heteroatoms. The van der Waals surface area contributed by atoms with Crippen molar-refractivity contribution in [1.29, 1.82) is 0 Å². The second kappa shape index (κ2) is 6.25. The van der Waals surface area contributed by atoms with Gasteiger partial charge in [-0.15, -0.1) is 0 Å². The van der Waals surface area contributed by atoms with Gasteiger partial charge in [0.1, 0.15) is 0 Å². The summed E-state index contributed by atoms with van der Waals surface area (Å²) < 4.78 is 39.3. The highest BCUT2D eigenvalue weighted by molar-refractivity contribution is 6.30. The van der Waals surface area contributed by atoms with Crippen LogP contribution in [0, 0.1) is 0 Å². The molecule has 25 heavy (non-hydrogen) atoms. The number of halogens is 4. The largest absolute Gasteiger partial charge is 0.418 e. The molecule has 0 bridgehead atoms. The molecule has 0 saturated carbocycles. The zero-order valence-electron chi connectivity index (χ0n) is 12.7. The Labute approximate surface area is 146 Å². The summed E-state index contributed by atoms with van der Waals surface area (Å²) in [6, 6.07) is 10.5. The summed E-state index contributed by atoms with van der Waals surface area (Å²) >= 11 is 5.96. The minimum Gasteiger partial charge on any atom is -0.398 e. The summed E-state index contributed by atoms with van der Waals surface area (Å²) in [6.45, 7) is 0. The maximum Gasteiger partial charge on any atom is 0.418 e. The molecule has 0 spiro atoms. The van der Waals surface area contributed by atoms with Gasteiger partial charge in [0.25, 0.3) is 0 Å². The molecule has 0 radical (unpaired) electrons. The quantitative estimate of drug-likeness (QED) is 0.649. The van der Waals surface area contributed by atoms with Gasteiger partial charge in [0.05, 0.1) is 22.5 Å². The number of hydrogen-bond donors (Lipinski definition) is 2. The van der Waals surface area contributed by atoms with E-state index in [1.165, 1.54) is 6.20 Å². The number of nitrogens with two attached hydrogens (primary N) is 2. The number of nitrogen functional groups attached to an aromatic ring is 2. The van der Waals surface area contributed by atoms with Crippen LogP contribution in [-0.2, 0) is 6.18 Å². The van der Waals surface area contributed by atoms with Gasteiger partial charge in [0.15, 0.2) is 5.82 Å². The van der Waals surface area contributed by atoms with E-state index >= 15 is 0 Å². The van der Waals surface area contributed by atoms with Crippen molar-refractivity contribution in [3.63, 3.8) is 0 Å². The van der Waals surface area contributed by atoms with Crippen LogP contribution in [-0.4, -0.2) is 9.97 Å². The lowest BCUT2D eigenvalue weighted by Crippen LogP contribution is -2.11. The number of anilines is 2. The van der Waals surface area contributed by atoms with Crippen LogP contribution in [0.1, 0.15) is 5.56 Å². The summed E-state index contributed by atoms with van der Waals surface area (Å²) in [6.07, 6.45) is -3.17. The Morgan fingerprint density at radius 2 is 1.76 bits per heavy atom. The fraction of sp³-hybridized carbons (Fsp3) is 0.0588. The number of rotatable bonds is 2. The van der Waals surface area contributed by atoms with Crippen LogP contribution < -0.4 is 11.5 Å². The molecule has 0 amide bonds. The summed E-state index contributed by atoms with van der Waals surface area (Å²) in [5.41, 5.74) is 11.3. The van der Waals surface area contributed by atoms with Crippen LogP contribution in [0.5, 0.6) is 0 Å². The SMILES string of the molecule is Nc1ccc(C(F)(F)F)c(N)c1-c1nccc(-c2cccc(Cl)c2)n1. The van der Waals surface area contributed by atoms with E-state index in [1.807, 2.05) is 0 Å². The van der Waals surface area contributed by atoms with E-state index in [0.717, 1.165) is 12.1 Å². The molecule has 1 heterocycles. The monoisotopic (exact) mass is 364 g/mol. The molecule has 0 aliphatic heterocycles. The molecular formula is C17H12ClF3N4. The Balaban J connectivity index is 2.17. The predicted octanol–water partition coefficient (Wildman–Crippen LogP) is 4.65. The third kappa shape index (κ3) is 3.36. The molecule has 2 aromatic carbocycles. The lowest BCUT2D eigenvalue weighted by atomic mass is 10.0. The van der Waals surface area contributed by atoms with E-state index in [0.29, 0.717) is 16.3 Å². The smallest absolute Gasteiger partial charge is 0.398 e. The third-order valence-electron chi connectivity index (χ3n) is 3.58. The fourth-order valence-electron chi connectivity index (χ4n) is 2.42. The molecule has 0 aliphatic rings. The number of benzene rings is 2. The third-order valence-corrected chi connectivity index (χ3v) is 3.82. The Bertz CT molecular complexity index is 941. The molecular weight excluding hydrogens is 353 g/mol. The first-order valence-electron chi connectivity index (χ1n) is 7.12. The van der Waals surface area contributed by atoms with Crippen molar-refractivity contribution in [2.75, 3.05) is 11.5 Å². The molecule has 4 nitrogen and oxygen atoms in total. The van der Waals surface area contributed by atoms with Crippen LogP contribution in [0.2, 0.25) is 5.02 Å². The Morgan fingerprint density at radius 1 is 1.00 bits per heavy atom. The van der Waals surface area contributed by atoms with E-state index in [4.69, 9.17) is 23.1 Å². The number of nitrogens with zero attached hydrogens (tertiary/aromatic N) is 2. The predicted molar refractivity (Wildman–Crippen MR) is 91.7 cm³/mol. The van der Waals surface area contributed by atoms with Gasteiger partial charge >= 0.3 is 6.18 Å². The van der Waals surface area contributed by atoms with Crippen molar-refractivity contribution in [2.24, 2.45) is 0 Å². The first-order valence-corrected chi connectivity index (χ1v) is 7.49. The second-order valence-electron chi connectivity index (χ2n) is 5.26. The number of alkyl halides is 3. The van der Waals surface area contributed by atoms with Crippen LogP contribution >= 0.6 is 11.6 Å². The zero-order valence-corrected chi connectivity index (χ0v) is 13.4. The molecule has 1 aromatic heterocycles. The first-order chi connectivity index (χ1) is 11.8. The molecule has 0 fully saturated rings. The van der Waals surface area contributed by atoms with Crippen molar-refractivity contribution >= 4 is 23.0 Å². The Kier molecular flexibility index (Phi) is 4.26. The summed E-state index contributed by atoms with van der Waals surface area (Å²) in [4.78, 5) is 8.33. The van der Waals surface area contributed by atoms with Gasteiger partial charge in [0, 0.05) is 22.5 Å². The summed E-state index contributed by atoms with van der Waals surface area (Å²) in [5, 5.41) is 0.510. The van der Waals surface area contributed by atoms with Crippen LogP contribution in [0.25, 0.3) is 22.6 Å². The van der Waals surface area contributed by atoms with Crippen LogP contribution in [0.3, 0.4) is 0 Å². The fourth-order valence-corrected chi connectivity index (χ4v) is 2.61. The lowest BCUT2D eigenvalue weighted by molar-refractivity contribution is -0.136. The van der Waals surface area contributed by atoms with Crippen LogP contribution in [0.15, 0.2) is 48.7 Å². The maximum atomic E-state index is 13.1. The summed E-state index contributed by atoms with van der Waals surface area (Å²) in [7, 11) is 0. The normalized spacial score (nSPS) is 11.5. The van der Waals surface area contributed by atoms with Crippen molar-refractivity contribution < 1.29 is 13.2 Å². The van der Waals surface area contributed by atoms with Gasteiger partial charge in [-0.25, -0.2) is 9.97 Å². The van der Waals surface area contributed by atoms with Crippen molar-refractivity contribution in [3.8, 4) is 22.6 Å². The summed E-state index contributed by atoms with van der Waals surface area (Å²) in [5.74, 6) is 0.0126. The highest BCUT2D eigenvalue weighted by Crippen LogP contribution is 2.40. The van der Waals surface area contributed by atoms with E-state index in [2.05, 4.69) is 9.97 Å². The minimum absolute atomic E-state index is 0.0126. The molecule has 3 rings (SSSR count). The van der Waals surface area contributed by atoms with E-state index in [1.54, 1.807) is 30.3 Å².